The van der Waals surface area contributed by atoms with E-state index in [9.17, 15) is 4.39 Å². The lowest BCUT2D eigenvalue weighted by Gasteiger charge is -2.13. The van der Waals surface area contributed by atoms with Gasteiger partial charge in [0.1, 0.15) is 18.2 Å². The average Bonchev–Trinajstić information content (AvgIpc) is 2.15. The Kier molecular flexibility index (Phi) is 4.29. The second-order valence-electron chi connectivity index (χ2n) is 3.28. The van der Waals surface area contributed by atoms with Crippen molar-refractivity contribution >= 4 is 15.9 Å². The second-order valence-corrected chi connectivity index (χ2v) is 4.40. The maximum atomic E-state index is 13.0. The number of benzene rings is 1. The number of ether oxygens (including phenoxy) is 1. The maximum absolute atomic E-state index is 13.0. The zero-order valence-corrected chi connectivity index (χ0v) is 10.1. The molecule has 0 fully saturated rings. The van der Waals surface area contributed by atoms with Gasteiger partial charge < -0.3 is 10.5 Å². The van der Waals surface area contributed by atoms with Crippen molar-refractivity contribution in [1.82, 2.24) is 0 Å². The Labute approximate surface area is 97.1 Å². The summed E-state index contributed by atoms with van der Waals surface area (Å²) in [6.45, 7) is 5.77. The first kappa shape index (κ1) is 12.2. The molecule has 2 nitrogen and oxygen atoms in total. The first-order valence-electron chi connectivity index (χ1n) is 4.52. The highest BCUT2D eigenvalue weighted by Crippen LogP contribution is 2.25. The predicted octanol–water partition coefficient (Wildman–Crippen LogP) is 3.13. The molecule has 1 rings (SSSR count). The van der Waals surface area contributed by atoms with E-state index in [2.05, 4.69) is 22.5 Å². The van der Waals surface area contributed by atoms with Crippen molar-refractivity contribution in [2.45, 2.75) is 13.0 Å². The van der Waals surface area contributed by atoms with Gasteiger partial charge in [-0.05, 0) is 25.1 Å². The molecule has 0 aliphatic rings. The van der Waals surface area contributed by atoms with Crippen LogP contribution in [0.4, 0.5) is 4.39 Å². The minimum atomic E-state index is -0.313. The summed E-state index contributed by atoms with van der Waals surface area (Å²) in [7, 11) is 0. The van der Waals surface area contributed by atoms with E-state index < -0.39 is 0 Å². The molecule has 82 valence electrons. The third kappa shape index (κ3) is 3.64. The lowest BCUT2D eigenvalue weighted by Crippen LogP contribution is -2.09. The van der Waals surface area contributed by atoms with Crippen molar-refractivity contribution < 1.29 is 9.13 Å². The standard InChI is InChI=1S/C11H13BrFNO/c1-7(12)6-15-11-4-3-9(13)5-10(11)8(2)14/h3-5,8H,1,6,14H2,2H3/t8-/m1/s1. The van der Waals surface area contributed by atoms with E-state index >= 15 is 0 Å². The van der Waals surface area contributed by atoms with Gasteiger partial charge in [-0.25, -0.2) is 4.39 Å². The SMILES string of the molecule is C=C(Br)COc1ccc(F)cc1[C@@H](C)N. The highest BCUT2D eigenvalue weighted by Gasteiger charge is 2.09. The summed E-state index contributed by atoms with van der Waals surface area (Å²) in [6.07, 6.45) is 0. The Morgan fingerprint density at radius 2 is 2.33 bits per heavy atom. The van der Waals surface area contributed by atoms with E-state index in [4.69, 9.17) is 10.5 Å². The van der Waals surface area contributed by atoms with E-state index in [0.29, 0.717) is 17.9 Å². The van der Waals surface area contributed by atoms with E-state index in [1.165, 1.54) is 12.1 Å². The molecule has 0 radical (unpaired) electrons. The summed E-state index contributed by atoms with van der Waals surface area (Å²) in [5.41, 5.74) is 6.37. The average molecular weight is 274 g/mol. The first-order valence-corrected chi connectivity index (χ1v) is 5.31. The van der Waals surface area contributed by atoms with Gasteiger partial charge in [0.15, 0.2) is 0 Å². The van der Waals surface area contributed by atoms with Gasteiger partial charge in [-0.3, -0.25) is 0 Å². The maximum Gasteiger partial charge on any atom is 0.124 e. The van der Waals surface area contributed by atoms with Crippen molar-refractivity contribution in [3.8, 4) is 5.75 Å². The number of rotatable bonds is 4. The van der Waals surface area contributed by atoms with Gasteiger partial charge in [0.2, 0.25) is 0 Å². The number of halogens is 2. The molecule has 0 amide bonds. The van der Waals surface area contributed by atoms with Gasteiger partial charge in [-0.1, -0.05) is 22.5 Å². The van der Waals surface area contributed by atoms with Crippen molar-refractivity contribution in [2.75, 3.05) is 6.61 Å². The summed E-state index contributed by atoms with van der Waals surface area (Å²) in [5, 5.41) is 0. The van der Waals surface area contributed by atoms with Gasteiger partial charge in [0, 0.05) is 16.1 Å². The van der Waals surface area contributed by atoms with Crippen LogP contribution in [0.2, 0.25) is 0 Å². The molecule has 0 aromatic heterocycles. The highest BCUT2D eigenvalue weighted by molar-refractivity contribution is 9.11. The summed E-state index contributed by atoms with van der Waals surface area (Å²) < 4.78 is 19.1. The summed E-state index contributed by atoms with van der Waals surface area (Å²) in [6, 6.07) is 4.04. The summed E-state index contributed by atoms with van der Waals surface area (Å²) in [5.74, 6) is 0.277. The van der Waals surface area contributed by atoms with Crippen LogP contribution in [0.15, 0.2) is 29.3 Å². The van der Waals surface area contributed by atoms with Crippen LogP contribution in [-0.4, -0.2) is 6.61 Å². The molecule has 0 heterocycles. The van der Waals surface area contributed by atoms with Crippen LogP contribution >= 0.6 is 15.9 Å². The molecule has 15 heavy (non-hydrogen) atoms. The molecule has 1 atom stereocenters. The minimum Gasteiger partial charge on any atom is -0.488 e. The van der Waals surface area contributed by atoms with Crippen LogP contribution in [0.3, 0.4) is 0 Å². The van der Waals surface area contributed by atoms with Crippen LogP contribution in [0.5, 0.6) is 5.75 Å². The van der Waals surface area contributed by atoms with E-state index in [-0.39, 0.29) is 11.9 Å². The van der Waals surface area contributed by atoms with Gasteiger partial charge in [-0.15, -0.1) is 0 Å². The quantitative estimate of drug-likeness (QED) is 0.915. The van der Waals surface area contributed by atoms with Crippen LogP contribution in [0.1, 0.15) is 18.5 Å². The van der Waals surface area contributed by atoms with Crippen LogP contribution in [-0.2, 0) is 0 Å². The van der Waals surface area contributed by atoms with Crippen LogP contribution in [0.25, 0.3) is 0 Å². The van der Waals surface area contributed by atoms with Crippen molar-refractivity contribution in [1.29, 1.82) is 0 Å². The molecular weight excluding hydrogens is 261 g/mol. The Morgan fingerprint density at radius 3 is 2.87 bits per heavy atom. The highest BCUT2D eigenvalue weighted by atomic mass is 79.9. The molecule has 1 aromatic carbocycles. The van der Waals surface area contributed by atoms with Crippen molar-refractivity contribution in [2.24, 2.45) is 5.73 Å². The monoisotopic (exact) mass is 273 g/mol. The van der Waals surface area contributed by atoms with E-state index in [1.807, 2.05) is 0 Å². The fourth-order valence-electron chi connectivity index (χ4n) is 1.16. The third-order valence-corrected chi connectivity index (χ3v) is 2.08. The third-order valence-electron chi connectivity index (χ3n) is 1.85. The zero-order valence-electron chi connectivity index (χ0n) is 8.47. The number of hydrogen-bond donors (Lipinski definition) is 1. The van der Waals surface area contributed by atoms with E-state index in [0.717, 1.165) is 4.48 Å². The molecule has 4 heteroatoms. The Bertz CT molecular complexity index is 366. The van der Waals surface area contributed by atoms with Crippen LogP contribution < -0.4 is 10.5 Å². The van der Waals surface area contributed by atoms with Gasteiger partial charge >= 0.3 is 0 Å². The molecule has 0 unspecified atom stereocenters. The number of nitrogens with two attached hydrogens (primary N) is 1. The Balaban J connectivity index is 2.90. The smallest absolute Gasteiger partial charge is 0.124 e. The molecule has 0 saturated heterocycles. The molecular formula is C11H13BrFNO. The van der Waals surface area contributed by atoms with E-state index in [1.54, 1.807) is 13.0 Å². The lowest BCUT2D eigenvalue weighted by molar-refractivity contribution is 0.354. The van der Waals surface area contributed by atoms with Gasteiger partial charge in [-0.2, -0.15) is 0 Å². The Hall–Kier alpha value is -0.870. The summed E-state index contributed by atoms with van der Waals surface area (Å²) >= 11 is 3.18. The largest absolute Gasteiger partial charge is 0.488 e. The fourth-order valence-corrected chi connectivity index (χ4v) is 1.28. The summed E-state index contributed by atoms with van der Waals surface area (Å²) in [4.78, 5) is 0. The lowest BCUT2D eigenvalue weighted by atomic mass is 10.1. The molecule has 0 saturated carbocycles. The molecule has 0 aliphatic heterocycles. The number of hydrogen-bond acceptors (Lipinski definition) is 2. The molecule has 2 N–H and O–H groups in total. The van der Waals surface area contributed by atoms with Crippen molar-refractivity contribution in [3.05, 3.63) is 40.6 Å². The second kappa shape index (κ2) is 5.28. The molecule has 0 spiro atoms. The van der Waals surface area contributed by atoms with Crippen molar-refractivity contribution in [3.63, 3.8) is 0 Å². The molecule has 0 aliphatic carbocycles. The van der Waals surface area contributed by atoms with Crippen LogP contribution in [0, 0.1) is 5.82 Å². The van der Waals surface area contributed by atoms with Gasteiger partial charge in [0.25, 0.3) is 0 Å². The zero-order chi connectivity index (χ0) is 11.4. The molecule has 0 bridgehead atoms. The Morgan fingerprint density at radius 1 is 1.67 bits per heavy atom. The first-order chi connectivity index (χ1) is 7.00. The minimum absolute atomic E-state index is 0.265. The predicted molar refractivity (Wildman–Crippen MR) is 62.6 cm³/mol. The topological polar surface area (TPSA) is 35.2 Å². The normalized spacial score (nSPS) is 12.3. The molecule has 1 aromatic rings. The van der Waals surface area contributed by atoms with Gasteiger partial charge in [0.05, 0.1) is 0 Å². The fraction of sp³-hybridized carbons (Fsp3) is 0.273.